The van der Waals surface area contributed by atoms with Crippen LogP contribution in [0.2, 0.25) is 0 Å². The molecule has 32 atom stereocenters. The van der Waals surface area contributed by atoms with Gasteiger partial charge >= 0.3 is 0 Å². The standard InChI is InChI=1S/C80H146N2O32/c1-5-7-9-11-13-15-17-19-20-21-22-23-24-25-26-28-30-32-34-36-38-40-56(90)82-49(50(89)39-37-35-33-31-29-27-18-16-14-12-10-8-6-2)46-103-76-67(100)64(97)70(54(44-86)109-76)110-79-68(101)73(60(93)52(42-84)106-79)113-75-57(81-48(4)88)72(112-77-65(98)62(95)58(91)47(3)104-77)71(55(45-87)108-75)111-80-69(102)74(61(94)53(43-85)107-80)114-78-66(99)63(96)59(92)51(41-83)105-78/h37,39,47,49-55,57-80,83-87,89,91-102H,5-36,38,40-46H2,1-4H3,(H,81,88)(H,82,90)/b39-37+/t47?,49-,50+,51?,52?,53?,54?,55?,57?,58+,59-,60-,61-,62?,63-,64+,65-,66?,67?,68?,69?,70+,71+,72+,73-,74-,75-,76+,77+,78+,79-,80-/m0/s1. The van der Waals surface area contributed by atoms with Crippen molar-refractivity contribution in [2.45, 2.75) is 442 Å². The molecule has 6 saturated heterocycles. The molecule has 0 saturated carbocycles. The molecule has 6 fully saturated rings. The molecule has 0 aliphatic carbocycles. The lowest BCUT2D eigenvalue weighted by Gasteiger charge is -2.52. The predicted molar refractivity (Wildman–Crippen MR) is 408 cm³/mol. The topological polar surface area (TPSA) is 533 Å². The number of aliphatic hydroxyl groups excluding tert-OH is 18. The monoisotopic (exact) mass is 1650 g/mol. The molecule has 20 N–H and O–H groups in total. The van der Waals surface area contributed by atoms with E-state index in [4.69, 9.17) is 56.8 Å². The van der Waals surface area contributed by atoms with E-state index in [0.29, 0.717) is 12.8 Å². The van der Waals surface area contributed by atoms with E-state index in [2.05, 4.69) is 24.5 Å². The van der Waals surface area contributed by atoms with Crippen LogP contribution < -0.4 is 10.6 Å². The second-order valence-corrected chi connectivity index (χ2v) is 32.0. The minimum absolute atomic E-state index is 0.171. The summed E-state index contributed by atoms with van der Waals surface area (Å²) in [7, 11) is 0. The van der Waals surface area contributed by atoms with Crippen LogP contribution in [0.1, 0.15) is 246 Å². The van der Waals surface area contributed by atoms with Crippen LogP contribution in [-0.2, 0) is 66.4 Å². The van der Waals surface area contributed by atoms with Crippen LogP contribution in [0, 0.1) is 0 Å². The third-order valence-electron chi connectivity index (χ3n) is 22.8. The van der Waals surface area contributed by atoms with Gasteiger partial charge in [0.25, 0.3) is 0 Å². The summed E-state index contributed by atoms with van der Waals surface area (Å²) >= 11 is 0. The first-order valence-electron chi connectivity index (χ1n) is 42.8. The first kappa shape index (κ1) is 100. The van der Waals surface area contributed by atoms with Crippen molar-refractivity contribution in [2.75, 3.05) is 39.6 Å². The second kappa shape index (κ2) is 54.8. The minimum Gasteiger partial charge on any atom is -0.394 e. The number of ether oxygens (including phenoxy) is 12. The van der Waals surface area contributed by atoms with Gasteiger partial charge in [0.05, 0.1) is 57.9 Å². The molecule has 6 rings (SSSR count). The number of carbonyl (C=O) groups excluding carboxylic acids is 2. The van der Waals surface area contributed by atoms with E-state index >= 15 is 0 Å². The SMILES string of the molecule is CCCCCCCCCCCCC/C=C/[C@@H](O)[C@H](CO[C@@H]1OC(CO)[C@@H](O[C@@H]2OC(CO)[C@H](O)[C@H](O[C@@H]3OC(CO)[C@@H](O[C@@H]4OC(CO)[C@H](O)[C@H](O[C@H]5OC(CO)[C@H](O)[C@H](O)C5O)C4O)[C@H](O[C@H]4OC(C)[C@@H](O)C(O)[C@@H]4O)C3NC(C)=O)C2O)[C@H](O)C1O)NC(=O)CCCCCCCCCCCCCCCCCCCCCCC. The largest absolute Gasteiger partial charge is 0.394 e. The van der Waals surface area contributed by atoms with E-state index in [1.165, 1.54) is 155 Å². The summed E-state index contributed by atoms with van der Waals surface area (Å²) in [5, 5.41) is 206. The van der Waals surface area contributed by atoms with Gasteiger partial charge in [0.1, 0.15) is 140 Å². The Kier molecular flexibility index (Phi) is 48.2. The van der Waals surface area contributed by atoms with Crippen molar-refractivity contribution in [3.05, 3.63) is 12.2 Å². The molecule has 0 spiro atoms. The maximum absolute atomic E-state index is 13.6. The zero-order valence-electron chi connectivity index (χ0n) is 67.7. The normalized spacial score (nSPS) is 36.8. The van der Waals surface area contributed by atoms with Gasteiger partial charge in [0.2, 0.25) is 11.8 Å². The molecule has 6 aliphatic rings. The molecular weight excluding hydrogens is 1500 g/mol. The average Bonchev–Trinajstić information content (AvgIpc) is 0.761. The van der Waals surface area contributed by atoms with E-state index in [9.17, 15) is 102 Å². The molecule has 0 radical (unpaired) electrons. The molecule has 6 heterocycles. The van der Waals surface area contributed by atoms with Gasteiger partial charge in [0, 0.05) is 13.3 Å². The van der Waals surface area contributed by atoms with Crippen LogP contribution >= 0.6 is 0 Å². The Labute approximate surface area is 672 Å². The molecule has 668 valence electrons. The molecule has 2 amide bonds. The van der Waals surface area contributed by atoms with Crippen LogP contribution in [0.5, 0.6) is 0 Å². The Balaban J connectivity index is 1.11. The fourth-order valence-corrected chi connectivity index (χ4v) is 15.7. The molecule has 12 unspecified atom stereocenters. The van der Waals surface area contributed by atoms with Gasteiger partial charge in [-0.15, -0.1) is 0 Å². The second-order valence-electron chi connectivity index (χ2n) is 32.0. The quantitative estimate of drug-likeness (QED) is 0.0296. The Hall–Kier alpha value is -2.52. The highest BCUT2D eigenvalue weighted by atomic mass is 16.8. The Morgan fingerprint density at radius 1 is 0.360 bits per heavy atom. The third kappa shape index (κ3) is 31.4. The number of unbranched alkanes of at least 4 members (excludes halogenated alkanes) is 31. The smallest absolute Gasteiger partial charge is 0.220 e. The number of nitrogens with one attached hydrogen (secondary N) is 2. The molecule has 114 heavy (non-hydrogen) atoms. The molecule has 0 aromatic heterocycles. The molecule has 34 heteroatoms. The van der Waals surface area contributed by atoms with Crippen LogP contribution in [0.15, 0.2) is 12.2 Å². The minimum atomic E-state index is -2.25. The van der Waals surface area contributed by atoms with E-state index in [1.54, 1.807) is 6.08 Å². The Bertz CT molecular complexity index is 2560. The van der Waals surface area contributed by atoms with Crippen LogP contribution in [0.25, 0.3) is 0 Å². The molecule has 0 aromatic carbocycles. The fourth-order valence-electron chi connectivity index (χ4n) is 15.7. The van der Waals surface area contributed by atoms with Gasteiger partial charge in [-0.25, -0.2) is 0 Å². The Morgan fingerprint density at radius 3 is 1.15 bits per heavy atom. The average molecular weight is 1650 g/mol. The highest BCUT2D eigenvalue weighted by Gasteiger charge is 2.59. The zero-order valence-corrected chi connectivity index (χ0v) is 67.7. The maximum Gasteiger partial charge on any atom is 0.220 e. The highest BCUT2D eigenvalue weighted by Crippen LogP contribution is 2.39. The van der Waals surface area contributed by atoms with Crippen molar-refractivity contribution in [1.82, 2.24) is 10.6 Å². The number of aliphatic hydroxyl groups is 18. The lowest BCUT2D eigenvalue weighted by atomic mass is 9.93. The van der Waals surface area contributed by atoms with Gasteiger partial charge in [-0.3, -0.25) is 9.59 Å². The summed E-state index contributed by atoms with van der Waals surface area (Å²) in [6, 6.07) is -2.97. The number of hydrogen-bond donors (Lipinski definition) is 20. The lowest BCUT2D eigenvalue weighted by molar-refractivity contribution is -0.397. The van der Waals surface area contributed by atoms with Gasteiger partial charge in [-0.05, 0) is 26.2 Å². The first-order valence-corrected chi connectivity index (χ1v) is 42.8. The van der Waals surface area contributed by atoms with Gasteiger partial charge in [-0.2, -0.15) is 0 Å². The summed E-state index contributed by atoms with van der Waals surface area (Å²) in [6.45, 7) is 1.27. The van der Waals surface area contributed by atoms with E-state index in [1.807, 2.05) is 6.08 Å². The first-order chi connectivity index (χ1) is 54.9. The number of allylic oxidation sites excluding steroid dienone is 1. The van der Waals surface area contributed by atoms with Crippen LogP contribution in [-0.4, -0.2) is 340 Å². The molecule has 6 aliphatic heterocycles. The molecule has 34 nitrogen and oxygen atoms in total. The van der Waals surface area contributed by atoms with Gasteiger partial charge in [-0.1, -0.05) is 219 Å². The summed E-state index contributed by atoms with van der Waals surface area (Å²) in [5.74, 6) is -1.25. The summed E-state index contributed by atoms with van der Waals surface area (Å²) in [5.41, 5.74) is 0. The number of carbonyl (C=O) groups is 2. The number of hydrogen-bond acceptors (Lipinski definition) is 32. The van der Waals surface area contributed by atoms with Crippen molar-refractivity contribution in [1.29, 1.82) is 0 Å². The van der Waals surface area contributed by atoms with Crippen LogP contribution in [0.4, 0.5) is 0 Å². The third-order valence-corrected chi connectivity index (χ3v) is 22.8. The van der Waals surface area contributed by atoms with Crippen molar-refractivity contribution >= 4 is 11.8 Å². The number of amides is 2. The lowest BCUT2D eigenvalue weighted by Crippen LogP contribution is -2.71. The van der Waals surface area contributed by atoms with Gasteiger partial charge < -0.3 is 159 Å². The fraction of sp³-hybridized carbons (Fsp3) is 0.950. The van der Waals surface area contributed by atoms with Gasteiger partial charge in [0.15, 0.2) is 37.7 Å². The molecular formula is C80H146N2O32. The van der Waals surface area contributed by atoms with Crippen molar-refractivity contribution in [3.8, 4) is 0 Å². The number of rotatable bonds is 56. The van der Waals surface area contributed by atoms with E-state index in [-0.39, 0.29) is 12.3 Å². The van der Waals surface area contributed by atoms with Crippen LogP contribution in [0.3, 0.4) is 0 Å². The summed E-state index contributed by atoms with van der Waals surface area (Å²) in [6.07, 6.45) is -14.4. The highest BCUT2D eigenvalue weighted by molar-refractivity contribution is 5.76. The zero-order chi connectivity index (χ0) is 83.2. The Morgan fingerprint density at radius 2 is 0.702 bits per heavy atom. The predicted octanol–water partition coefficient (Wildman–Crippen LogP) is 0.800. The maximum atomic E-state index is 13.6. The van der Waals surface area contributed by atoms with E-state index < -0.39 is 242 Å². The van der Waals surface area contributed by atoms with Crippen molar-refractivity contribution in [2.24, 2.45) is 0 Å². The van der Waals surface area contributed by atoms with E-state index in [0.717, 1.165) is 58.3 Å². The molecule has 0 bridgehead atoms. The molecule has 0 aromatic rings. The van der Waals surface area contributed by atoms with Crippen molar-refractivity contribution in [3.63, 3.8) is 0 Å². The van der Waals surface area contributed by atoms with Crippen molar-refractivity contribution < 1.29 is 158 Å². The summed E-state index contributed by atoms with van der Waals surface area (Å²) in [4.78, 5) is 27.0. The summed E-state index contributed by atoms with van der Waals surface area (Å²) < 4.78 is 71.8.